The molecule has 0 aliphatic heterocycles. The smallest absolute Gasteiger partial charge is 0.234 e. The van der Waals surface area contributed by atoms with E-state index in [2.05, 4.69) is 29.6 Å². The number of carbonyl (C=O) groups is 1. The lowest BCUT2D eigenvalue weighted by molar-refractivity contribution is -0.113. The number of benzene rings is 3. The number of ether oxygens (including phenoxy) is 2. The fourth-order valence-corrected chi connectivity index (χ4v) is 4.19. The maximum atomic E-state index is 12.7. The molecule has 3 aromatic carbocycles. The molecular formula is C24H25NO3S. The van der Waals surface area contributed by atoms with Crippen LogP contribution in [-0.2, 0) is 4.79 Å². The highest BCUT2D eigenvalue weighted by atomic mass is 32.2. The van der Waals surface area contributed by atoms with E-state index in [0.717, 1.165) is 11.3 Å². The number of methoxy groups -OCH3 is 2. The standard InChI is InChI=1S/C24H25NO3S/c1-17-14-21(27-2)22(28-3)15-20(17)25-23(26)16-29-24(18-10-6-4-7-11-18)19-12-8-5-9-13-19/h4-15,24H,16H2,1-3H3,(H,25,26). The number of carbonyl (C=O) groups excluding carboxylic acids is 1. The summed E-state index contributed by atoms with van der Waals surface area (Å²) in [5.41, 5.74) is 4.01. The zero-order valence-electron chi connectivity index (χ0n) is 16.8. The summed E-state index contributed by atoms with van der Waals surface area (Å²) in [5, 5.41) is 3.09. The second-order valence-corrected chi connectivity index (χ2v) is 7.68. The topological polar surface area (TPSA) is 47.6 Å². The van der Waals surface area contributed by atoms with Gasteiger partial charge in [0.15, 0.2) is 11.5 Å². The van der Waals surface area contributed by atoms with Gasteiger partial charge in [0.2, 0.25) is 5.91 Å². The molecule has 0 atom stereocenters. The Bertz CT molecular complexity index is 906. The predicted octanol–water partition coefficient (Wildman–Crippen LogP) is 5.47. The van der Waals surface area contributed by atoms with E-state index >= 15 is 0 Å². The quantitative estimate of drug-likeness (QED) is 0.538. The highest BCUT2D eigenvalue weighted by Gasteiger charge is 2.17. The van der Waals surface area contributed by atoms with Gasteiger partial charge in [-0.15, -0.1) is 11.8 Å². The van der Waals surface area contributed by atoms with Gasteiger partial charge in [0.1, 0.15) is 0 Å². The van der Waals surface area contributed by atoms with E-state index in [0.29, 0.717) is 17.3 Å². The van der Waals surface area contributed by atoms with Crippen LogP contribution in [0.2, 0.25) is 0 Å². The summed E-state index contributed by atoms with van der Waals surface area (Å²) in [6, 6.07) is 24.2. The minimum absolute atomic E-state index is 0.0535. The Morgan fingerprint density at radius 3 is 1.93 bits per heavy atom. The third-order valence-electron chi connectivity index (χ3n) is 4.59. The molecule has 0 saturated heterocycles. The number of nitrogens with one attached hydrogen (secondary N) is 1. The van der Waals surface area contributed by atoms with E-state index in [4.69, 9.17) is 9.47 Å². The normalized spacial score (nSPS) is 10.6. The molecule has 0 spiro atoms. The molecule has 0 heterocycles. The number of hydrogen-bond acceptors (Lipinski definition) is 4. The average Bonchev–Trinajstić information content (AvgIpc) is 2.76. The first-order valence-corrected chi connectivity index (χ1v) is 10.4. The molecule has 0 saturated carbocycles. The minimum Gasteiger partial charge on any atom is -0.493 e. The first-order chi connectivity index (χ1) is 14.1. The molecule has 0 radical (unpaired) electrons. The molecule has 5 heteroatoms. The van der Waals surface area contributed by atoms with Crippen molar-refractivity contribution in [2.24, 2.45) is 0 Å². The van der Waals surface area contributed by atoms with Crippen LogP contribution in [0.1, 0.15) is 21.9 Å². The lowest BCUT2D eigenvalue weighted by Gasteiger charge is -2.18. The van der Waals surface area contributed by atoms with Crippen molar-refractivity contribution < 1.29 is 14.3 Å². The largest absolute Gasteiger partial charge is 0.493 e. The van der Waals surface area contributed by atoms with Crippen molar-refractivity contribution in [3.63, 3.8) is 0 Å². The van der Waals surface area contributed by atoms with E-state index in [-0.39, 0.29) is 11.2 Å². The van der Waals surface area contributed by atoms with E-state index in [1.165, 1.54) is 11.1 Å². The van der Waals surface area contributed by atoms with Gasteiger partial charge < -0.3 is 14.8 Å². The summed E-state index contributed by atoms with van der Waals surface area (Å²) >= 11 is 1.61. The first-order valence-electron chi connectivity index (χ1n) is 9.36. The summed E-state index contributed by atoms with van der Waals surface area (Å²) in [7, 11) is 3.18. The lowest BCUT2D eigenvalue weighted by atomic mass is 10.0. The first kappa shape index (κ1) is 20.8. The minimum atomic E-state index is -0.0535. The number of aryl methyl sites for hydroxylation is 1. The van der Waals surface area contributed by atoms with E-state index in [1.807, 2.05) is 49.4 Å². The Hall–Kier alpha value is -2.92. The van der Waals surface area contributed by atoms with Crippen LogP contribution in [0.5, 0.6) is 11.5 Å². The molecule has 0 aliphatic rings. The van der Waals surface area contributed by atoms with Crippen molar-refractivity contribution in [1.29, 1.82) is 0 Å². The Kier molecular flexibility index (Phi) is 7.19. The molecule has 29 heavy (non-hydrogen) atoms. The van der Waals surface area contributed by atoms with Crippen molar-refractivity contribution in [2.75, 3.05) is 25.3 Å². The SMILES string of the molecule is COc1cc(C)c(NC(=O)CSC(c2ccccc2)c2ccccc2)cc1OC. The third-order valence-corrected chi connectivity index (χ3v) is 5.90. The van der Waals surface area contributed by atoms with Gasteiger partial charge in [-0.1, -0.05) is 60.7 Å². The lowest BCUT2D eigenvalue weighted by Crippen LogP contribution is -2.16. The van der Waals surface area contributed by atoms with E-state index < -0.39 is 0 Å². The fourth-order valence-electron chi connectivity index (χ4n) is 3.10. The van der Waals surface area contributed by atoms with E-state index in [1.54, 1.807) is 32.0 Å². The van der Waals surface area contributed by atoms with Crippen LogP contribution in [0, 0.1) is 6.92 Å². The van der Waals surface area contributed by atoms with Crippen molar-refractivity contribution >= 4 is 23.4 Å². The Morgan fingerprint density at radius 2 is 1.41 bits per heavy atom. The van der Waals surface area contributed by atoms with Gasteiger partial charge >= 0.3 is 0 Å². The monoisotopic (exact) mass is 407 g/mol. The van der Waals surface area contributed by atoms with E-state index in [9.17, 15) is 4.79 Å². The van der Waals surface area contributed by atoms with Crippen LogP contribution >= 0.6 is 11.8 Å². The summed E-state index contributed by atoms with van der Waals surface area (Å²) in [6.07, 6.45) is 0. The van der Waals surface area contributed by atoms with Crippen LogP contribution < -0.4 is 14.8 Å². The summed E-state index contributed by atoms with van der Waals surface area (Å²) in [5.74, 6) is 1.52. The van der Waals surface area contributed by atoms with Gasteiger partial charge in [0.05, 0.1) is 25.2 Å². The van der Waals surface area contributed by atoms with Gasteiger partial charge in [-0.2, -0.15) is 0 Å². The Balaban J connectivity index is 1.73. The number of amides is 1. The molecule has 0 fully saturated rings. The fraction of sp³-hybridized carbons (Fsp3) is 0.208. The van der Waals surface area contributed by atoms with Gasteiger partial charge in [-0.3, -0.25) is 4.79 Å². The van der Waals surface area contributed by atoms with Gasteiger partial charge in [0.25, 0.3) is 0 Å². The average molecular weight is 408 g/mol. The Labute approximate surface area is 176 Å². The van der Waals surface area contributed by atoms with Crippen LogP contribution in [0.15, 0.2) is 72.8 Å². The van der Waals surface area contributed by atoms with Crippen LogP contribution in [0.25, 0.3) is 0 Å². The van der Waals surface area contributed by atoms with Gasteiger partial charge in [-0.05, 0) is 29.7 Å². The second kappa shape index (κ2) is 10.0. The number of thioether (sulfide) groups is 1. The molecule has 0 unspecified atom stereocenters. The predicted molar refractivity (Wildman–Crippen MR) is 120 cm³/mol. The summed E-state index contributed by atoms with van der Waals surface area (Å²) in [6.45, 7) is 1.93. The molecule has 0 aliphatic carbocycles. The molecule has 3 aromatic rings. The Morgan fingerprint density at radius 1 is 0.897 bits per heavy atom. The molecule has 1 amide bonds. The van der Waals surface area contributed by atoms with Crippen molar-refractivity contribution in [2.45, 2.75) is 12.2 Å². The summed E-state index contributed by atoms with van der Waals surface area (Å²) in [4.78, 5) is 12.7. The molecule has 0 aromatic heterocycles. The zero-order chi connectivity index (χ0) is 20.6. The zero-order valence-corrected chi connectivity index (χ0v) is 17.7. The maximum absolute atomic E-state index is 12.7. The summed E-state index contributed by atoms with van der Waals surface area (Å²) < 4.78 is 10.7. The molecule has 1 N–H and O–H groups in total. The molecule has 3 rings (SSSR count). The van der Waals surface area contributed by atoms with Gasteiger partial charge in [-0.25, -0.2) is 0 Å². The van der Waals surface area contributed by atoms with Crippen molar-refractivity contribution in [3.05, 3.63) is 89.5 Å². The molecule has 150 valence electrons. The highest BCUT2D eigenvalue weighted by Crippen LogP contribution is 2.36. The number of anilines is 1. The van der Waals surface area contributed by atoms with Crippen LogP contribution in [0.3, 0.4) is 0 Å². The third kappa shape index (κ3) is 5.33. The molecule has 0 bridgehead atoms. The van der Waals surface area contributed by atoms with Crippen molar-refractivity contribution in [3.8, 4) is 11.5 Å². The molecule has 4 nitrogen and oxygen atoms in total. The van der Waals surface area contributed by atoms with Crippen LogP contribution in [0.4, 0.5) is 5.69 Å². The maximum Gasteiger partial charge on any atom is 0.234 e. The molecular weight excluding hydrogens is 382 g/mol. The highest BCUT2D eigenvalue weighted by molar-refractivity contribution is 8.00. The van der Waals surface area contributed by atoms with Crippen LogP contribution in [-0.4, -0.2) is 25.9 Å². The van der Waals surface area contributed by atoms with Crippen molar-refractivity contribution in [1.82, 2.24) is 0 Å². The second-order valence-electron chi connectivity index (χ2n) is 6.58. The number of rotatable bonds is 8. The number of hydrogen-bond donors (Lipinski definition) is 1. The van der Waals surface area contributed by atoms with Gasteiger partial charge in [0, 0.05) is 11.8 Å².